The Labute approximate surface area is 120 Å². The van der Waals surface area contributed by atoms with E-state index >= 15 is 0 Å². The second-order valence-corrected chi connectivity index (χ2v) is 4.01. The van der Waals surface area contributed by atoms with Crippen molar-refractivity contribution in [3.63, 3.8) is 0 Å². The van der Waals surface area contributed by atoms with E-state index in [1.54, 1.807) is 24.3 Å². The minimum Gasteiger partial charge on any atom is -0.464 e. The van der Waals surface area contributed by atoms with Gasteiger partial charge in [0.25, 0.3) is 0 Å². The lowest BCUT2D eigenvalue weighted by Gasteiger charge is -2.04. The van der Waals surface area contributed by atoms with Gasteiger partial charge in [-0.2, -0.15) is 9.72 Å². The zero-order chi connectivity index (χ0) is 15.2. The highest BCUT2D eigenvalue weighted by Crippen LogP contribution is 2.04. The lowest BCUT2D eigenvalue weighted by atomic mass is 10.3. The van der Waals surface area contributed by atoms with Crippen molar-refractivity contribution < 1.29 is 19.5 Å². The van der Waals surface area contributed by atoms with E-state index < -0.39 is 12.0 Å². The number of rotatable bonds is 2. The van der Waals surface area contributed by atoms with Gasteiger partial charge >= 0.3 is 12.0 Å². The van der Waals surface area contributed by atoms with Crippen LogP contribution in [0.4, 0.5) is 10.5 Å². The van der Waals surface area contributed by atoms with Crippen LogP contribution in [-0.2, 0) is 4.74 Å². The molecule has 2 amide bonds. The van der Waals surface area contributed by atoms with Crippen molar-refractivity contribution in [2.24, 2.45) is 4.99 Å². The number of hydrogen-bond donors (Lipinski definition) is 2. The Morgan fingerprint density at radius 1 is 1.24 bits per heavy atom. The van der Waals surface area contributed by atoms with Gasteiger partial charge in [-0.05, 0) is 24.3 Å². The maximum atomic E-state index is 11.8. The number of anilines is 1. The molecule has 7 nitrogen and oxygen atoms in total. The summed E-state index contributed by atoms with van der Waals surface area (Å²) in [6, 6.07) is 10.9. The second kappa shape index (κ2) is 6.38. The lowest BCUT2D eigenvalue weighted by molar-refractivity contribution is 0.0544. The fraction of sp³-hybridized carbons (Fsp3) is 0.0714. The van der Waals surface area contributed by atoms with Crippen molar-refractivity contribution in [2.45, 2.75) is 0 Å². The number of pyridine rings is 1. The first-order valence-electron chi connectivity index (χ1n) is 6.01. The molecule has 2 aromatic rings. The van der Waals surface area contributed by atoms with Gasteiger partial charge in [-0.15, -0.1) is 0 Å². The number of methoxy groups -OCH3 is 1. The topological polar surface area (TPSA) is 92.9 Å². The van der Waals surface area contributed by atoms with Crippen LogP contribution in [0.5, 0.6) is 0 Å². The van der Waals surface area contributed by atoms with Crippen molar-refractivity contribution in [1.82, 2.24) is 4.73 Å². The van der Waals surface area contributed by atoms with Gasteiger partial charge in [-0.3, -0.25) is 0 Å². The maximum Gasteiger partial charge on any atom is 0.358 e. The molecule has 7 heteroatoms. The zero-order valence-corrected chi connectivity index (χ0v) is 11.2. The molecule has 2 rings (SSSR count). The number of hydrogen-bond acceptors (Lipinski definition) is 4. The predicted octanol–water partition coefficient (Wildman–Crippen LogP) is 1.64. The summed E-state index contributed by atoms with van der Waals surface area (Å²) in [5.41, 5.74) is 0.471. The largest absolute Gasteiger partial charge is 0.464 e. The number of carbonyl (C=O) groups is 2. The van der Waals surface area contributed by atoms with Crippen LogP contribution in [-0.4, -0.2) is 29.0 Å². The monoisotopic (exact) mass is 287 g/mol. The number of esters is 1. The third-order valence-corrected chi connectivity index (χ3v) is 2.57. The van der Waals surface area contributed by atoms with E-state index in [4.69, 9.17) is 0 Å². The molecule has 1 aromatic carbocycles. The van der Waals surface area contributed by atoms with Crippen molar-refractivity contribution in [3.05, 3.63) is 59.7 Å². The Balaban J connectivity index is 2.25. The number of urea groups is 1. The minimum atomic E-state index is -0.738. The first kappa shape index (κ1) is 14.3. The zero-order valence-electron chi connectivity index (χ0n) is 11.2. The van der Waals surface area contributed by atoms with Gasteiger partial charge < -0.3 is 15.3 Å². The quantitative estimate of drug-likeness (QED) is 0.648. The van der Waals surface area contributed by atoms with Crippen LogP contribution in [0.3, 0.4) is 0 Å². The molecule has 0 spiro atoms. The van der Waals surface area contributed by atoms with Crippen LogP contribution in [0.15, 0.2) is 53.7 Å². The van der Waals surface area contributed by atoms with E-state index in [2.05, 4.69) is 15.0 Å². The third-order valence-electron chi connectivity index (χ3n) is 2.57. The molecule has 0 fully saturated rings. The Morgan fingerprint density at radius 2 is 1.95 bits per heavy atom. The van der Waals surface area contributed by atoms with Crippen LogP contribution in [0, 0.1) is 0 Å². The highest BCUT2D eigenvalue weighted by atomic mass is 16.5. The van der Waals surface area contributed by atoms with Gasteiger partial charge in [0.2, 0.25) is 0 Å². The minimum absolute atomic E-state index is 0.133. The Bertz CT molecular complexity index is 722. The number of carbonyl (C=O) groups excluding carboxylic acids is 2. The molecule has 0 radical (unpaired) electrons. The summed E-state index contributed by atoms with van der Waals surface area (Å²) in [4.78, 5) is 27.0. The number of para-hydroxylation sites is 1. The average Bonchev–Trinajstić information content (AvgIpc) is 2.49. The molecule has 2 N–H and O–H groups in total. The van der Waals surface area contributed by atoms with E-state index in [0.29, 0.717) is 10.4 Å². The van der Waals surface area contributed by atoms with Gasteiger partial charge in [0.1, 0.15) is 0 Å². The number of ether oxygens (including phenoxy) is 1. The van der Waals surface area contributed by atoms with E-state index in [-0.39, 0.29) is 11.1 Å². The van der Waals surface area contributed by atoms with Gasteiger partial charge in [-0.25, -0.2) is 9.59 Å². The number of benzene rings is 1. The molecule has 0 unspecified atom stereocenters. The molecule has 0 saturated heterocycles. The van der Waals surface area contributed by atoms with E-state index in [1.165, 1.54) is 25.4 Å². The average molecular weight is 287 g/mol. The highest BCUT2D eigenvalue weighted by Gasteiger charge is 2.10. The van der Waals surface area contributed by atoms with E-state index in [0.717, 1.165) is 0 Å². The molecule has 0 saturated carbocycles. The Morgan fingerprint density at radius 3 is 2.62 bits per heavy atom. The predicted molar refractivity (Wildman–Crippen MR) is 74.0 cm³/mol. The van der Waals surface area contributed by atoms with Crippen LogP contribution in [0.25, 0.3) is 0 Å². The maximum absolute atomic E-state index is 11.8. The van der Waals surface area contributed by atoms with Crippen molar-refractivity contribution in [1.29, 1.82) is 0 Å². The Hall–Kier alpha value is -3.09. The fourth-order valence-corrected chi connectivity index (χ4v) is 1.60. The van der Waals surface area contributed by atoms with Crippen molar-refractivity contribution in [3.8, 4) is 0 Å². The SMILES string of the molecule is COC(=O)c1c/c(=N/C(=O)Nc2ccccc2)ccn1O. The van der Waals surface area contributed by atoms with E-state index in [9.17, 15) is 14.8 Å². The number of nitrogens with zero attached hydrogens (tertiary/aromatic N) is 2. The van der Waals surface area contributed by atoms with Crippen LogP contribution in [0.2, 0.25) is 0 Å². The van der Waals surface area contributed by atoms with Crippen LogP contribution < -0.4 is 10.7 Å². The molecule has 0 aliphatic rings. The molecular formula is C14H13N3O4. The van der Waals surface area contributed by atoms with Crippen LogP contribution in [0.1, 0.15) is 10.5 Å². The fourth-order valence-electron chi connectivity index (χ4n) is 1.60. The summed E-state index contributed by atoms with van der Waals surface area (Å²) < 4.78 is 5.11. The second-order valence-electron chi connectivity index (χ2n) is 4.01. The summed E-state index contributed by atoms with van der Waals surface area (Å²) in [6.45, 7) is 0. The lowest BCUT2D eigenvalue weighted by Crippen LogP contribution is -2.18. The molecular weight excluding hydrogens is 274 g/mol. The van der Waals surface area contributed by atoms with Crippen LogP contribution >= 0.6 is 0 Å². The number of nitrogens with one attached hydrogen (secondary N) is 1. The molecule has 0 bridgehead atoms. The molecule has 0 aliphatic heterocycles. The Kier molecular flexibility index (Phi) is 4.35. The summed E-state index contributed by atoms with van der Waals surface area (Å²) in [7, 11) is 1.19. The van der Waals surface area contributed by atoms with E-state index in [1.807, 2.05) is 6.07 Å². The molecule has 0 aliphatic carbocycles. The molecule has 21 heavy (non-hydrogen) atoms. The summed E-state index contributed by atoms with van der Waals surface area (Å²) in [5, 5.41) is 12.3. The molecule has 108 valence electrons. The standard InChI is InChI=1S/C14H13N3O4/c1-21-13(18)12-9-11(7-8-17(12)20)16-14(19)15-10-5-3-2-4-6-10/h2-9,20H,1H3,(H,15,19)/b16-11+. The smallest absolute Gasteiger partial charge is 0.358 e. The number of aromatic nitrogens is 1. The normalized spacial score (nSPS) is 11.0. The summed E-state index contributed by atoms with van der Waals surface area (Å²) >= 11 is 0. The highest BCUT2D eigenvalue weighted by molar-refractivity contribution is 5.90. The first-order chi connectivity index (χ1) is 10.1. The molecule has 1 aromatic heterocycles. The molecule has 1 heterocycles. The van der Waals surface area contributed by atoms with Gasteiger partial charge in [0, 0.05) is 11.9 Å². The van der Waals surface area contributed by atoms with Gasteiger partial charge in [-0.1, -0.05) is 18.2 Å². The van der Waals surface area contributed by atoms with Gasteiger partial charge in [0.15, 0.2) is 5.69 Å². The summed E-state index contributed by atoms with van der Waals surface area (Å²) in [6.07, 6.45) is 1.20. The number of amides is 2. The van der Waals surface area contributed by atoms with Gasteiger partial charge in [0.05, 0.1) is 12.5 Å². The molecule has 0 atom stereocenters. The van der Waals surface area contributed by atoms with Crippen molar-refractivity contribution >= 4 is 17.7 Å². The first-order valence-corrected chi connectivity index (χ1v) is 6.01. The van der Waals surface area contributed by atoms with Crippen molar-refractivity contribution in [2.75, 3.05) is 12.4 Å². The third kappa shape index (κ3) is 3.69. The summed E-state index contributed by atoms with van der Waals surface area (Å²) in [5.74, 6) is -0.738.